The lowest BCUT2D eigenvalue weighted by Gasteiger charge is -2.35. The normalized spacial score (nSPS) is 18.8. The molecule has 118 valence electrons. The van der Waals surface area contributed by atoms with Crippen molar-refractivity contribution in [3.05, 3.63) is 30.1 Å². The quantitative estimate of drug-likeness (QED) is 0.923. The van der Waals surface area contributed by atoms with Crippen LogP contribution >= 0.6 is 0 Å². The molecule has 0 radical (unpaired) electrons. The van der Waals surface area contributed by atoms with Gasteiger partial charge in [0.05, 0.1) is 30.3 Å². The number of aryl methyl sites for hydroxylation is 1. The number of hydrogen-bond donors (Lipinski definition) is 1. The van der Waals surface area contributed by atoms with Gasteiger partial charge in [0.2, 0.25) is 5.91 Å². The van der Waals surface area contributed by atoms with Crippen molar-refractivity contribution >= 4 is 16.9 Å². The van der Waals surface area contributed by atoms with Gasteiger partial charge in [-0.05, 0) is 18.6 Å². The van der Waals surface area contributed by atoms with Gasteiger partial charge in [-0.2, -0.15) is 0 Å². The Morgan fingerprint density at radius 2 is 2.32 bits per heavy atom. The summed E-state index contributed by atoms with van der Waals surface area (Å²) in [6, 6.07) is 8.19. The smallest absolute Gasteiger partial charge is 0.223 e. The van der Waals surface area contributed by atoms with Crippen molar-refractivity contribution in [3.8, 4) is 0 Å². The van der Waals surface area contributed by atoms with Crippen LogP contribution in [-0.4, -0.2) is 46.6 Å². The molecule has 1 atom stereocenters. The number of carbonyl (C=O) groups is 1. The third-order valence-electron chi connectivity index (χ3n) is 4.18. The summed E-state index contributed by atoms with van der Waals surface area (Å²) in [5, 5.41) is 0. The van der Waals surface area contributed by atoms with Crippen LogP contribution in [-0.2, 0) is 16.0 Å². The van der Waals surface area contributed by atoms with Gasteiger partial charge in [-0.15, -0.1) is 0 Å². The molecule has 1 aromatic carbocycles. The Morgan fingerprint density at radius 1 is 1.45 bits per heavy atom. The maximum absolute atomic E-state index is 12.5. The highest BCUT2D eigenvalue weighted by molar-refractivity contribution is 5.77. The molecular weight excluding hydrogens is 278 g/mol. The molecule has 22 heavy (non-hydrogen) atoms. The lowest BCUT2D eigenvalue weighted by molar-refractivity contribution is -0.140. The van der Waals surface area contributed by atoms with E-state index < -0.39 is 0 Å². The highest BCUT2D eigenvalue weighted by Crippen LogP contribution is 2.16. The van der Waals surface area contributed by atoms with Crippen LogP contribution in [0.2, 0.25) is 0 Å². The van der Waals surface area contributed by atoms with Gasteiger partial charge < -0.3 is 14.6 Å². The molecule has 3 rings (SSSR count). The van der Waals surface area contributed by atoms with Gasteiger partial charge in [0.25, 0.3) is 0 Å². The number of imidazole rings is 1. The Bertz CT molecular complexity index is 603. The highest BCUT2D eigenvalue weighted by atomic mass is 16.5. The fraction of sp³-hybridized carbons (Fsp3) is 0.529. The number of fused-ring (bicyclic) bond motifs is 1. The fourth-order valence-electron chi connectivity index (χ4n) is 3.05. The number of morpholine rings is 1. The fourth-order valence-corrected chi connectivity index (χ4v) is 3.05. The van der Waals surface area contributed by atoms with E-state index in [1.54, 1.807) is 0 Å². The molecule has 2 heterocycles. The van der Waals surface area contributed by atoms with Crippen LogP contribution in [0.4, 0.5) is 0 Å². The summed E-state index contributed by atoms with van der Waals surface area (Å²) in [6.07, 6.45) is 3.24. The summed E-state index contributed by atoms with van der Waals surface area (Å²) in [4.78, 5) is 22.3. The molecule has 1 amide bonds. The van der Waals surface area contributed by atoms with E-state index in [1.807, 2.05) is 29.2 Å². The number of para-hydroxylation sites is 2. The van der Waals surface area contributed by atoms with Crippen molar-refractivity contribution in [1.29, 1.82) is 0 Å². The molecule has 0 bridgehead atoms. The van der Waals surface area contributed by atoms with Crippen LogP contribution in [0.3, 0.4) is 0 Å². The van der Waals surface area contributed by atoms with Crippen molar-refractivity contribution in [3.63, 3.8) is 0 Å². The Hall–Kier alpha value is -1.88. The molecule has 2 aromatic rings. The Kier molecular flexibility index (Phi) is 4.73. The van der Waals surface area contributed by atoms with Crippen LogP contribution in [0, 0.1) is 0 Å². The molecule has 1 saturated heterocycles. The van der Waals surface area contributed by atoms with Crippen LogP contribution in [0.5, 0.6) is 0 Å². The molecule has 0 spiro atoms. The van der Waals surface area contributed by atoms with E-state index in [2.05, 4.69) is 16.9 Å². The van der Waals surface area contributed by atoms with Crippen molar-refractivity contribution in [1.82, 2.24) is 14.9 Å². The number of benzene rings is 1. The zero-order valence-corrected chi connectivity index (χ0v) is 13.0. The van der Waals surface area contributed by atoms with Gasteiger partial charge >= 0.3 is 0 Å². The average molecular weight is 301 g/mol. The third kappa shape index (κ3) is 3.30. The number of aromatic nitrogens is 2. The molecule has 1 aromatic heterocycles. The van der Waals surface area contributed by atoms with Crippen molar-refractivity contribution < 1.29 is 9.53 Å². The second-order valence-corrected chi connectivity index (χ2v) is 5.81. The summed E-state index contributed by atoms with van der Waals surface area (Å²) >= 11 is 0. The molecule has 5 heteroatoms. The number of aromatic amines is 1. The maximum Gasteiger partial charge on any atom is 0.223 e. The van der Waals surface area contributed by atoms with Crippen molar-refractivity contribution in [2.45, 2.75) is 38.6 Å². The monoisotopic (exact) mass is 301 g/mol. The molecule has 0 aliphatic carbocycles. The number of amides is 1. The number of nitrogens with one attached hydrogen (secondary N) is 1. The third-order valence-corrected chi connectivity index (χ3v) is 4.18. The first kappa shape index (κ1) is 15.0. The second kappa shape index (κ2) is 6.92. The predicted octanol–water partition coefficient (Wildman–Crippen LogP) is 2.52. The van der Waals surface area contributed by atoms with Crippen molar-refractivity contribution in [2.75, 3.05) is 19.8 Å². The summed E-state index contributed by atoms with van der Waals surface area (Å²) < 4.78 is 5.51. The SMILES string of the molecule is CCCC1COCCN1C(=O)CCc1nc2ccccc2[nH]1. The first-order chi connectivity index (χ1) is 10.8. The van der Waals surface area contributed by atoms with E-state index in [-0.39, 0.29) is 11.9 Å². The highest BCUT2D eigenvalue weighted by Gasteiger charge is 2.26. The molecular formula is C17H23N3O2. The lowest BCUT2D eigenvalue weighted by atomic mass is 10.1. The molecule has 1 aliphatic rings. The maximum atomic E-state index is 12.5. The molecule has 1 unspecified atom stereocenters. The number of rotatable bonds is 5. The van der Waals surface area contributed by atoms with Crippen LogP contribution in [0.15, 0.2) is 24.3 Å². The van der Waals surface area contributed by atoms with E-state index in [9.17, 15) is 4.79 Å². The summed E-state index contributed by atoms with van der Waals surface area (Å²) in [6.45, 7) is 4.18. The zero-order chi connectivity index (χ0) is 15.4. The molecule has 5 nitrogen and oxygen atoms in total. The second-order valence-electron chi connectivity index (χ2n) is 5.81. The van der Waals surface area contributed by atoms with Crippen LogP contribution < -0.4 is 0 Å². The minimum absolute atomic E-state index is 0.210. The first-order valence-corrected chi connectivity index (χ1v) is 8.08. The zero-order valence-electron chi connectivity index (χ0n) is 13.0. The number of hydrogen-bond acceptors (Lipinski definition) is 3. The number of nitrogens with zero attached hydrogens (tertiary/aromatic N) is 2. The van der Waals surface area contributed by atoms with E-state index in [0.717, 1.165) is 29.7 Å². The van der Waals surface area contributed by atoms with E-state index in [4.69, 9.17) is 4.74 Å². The minimum Gasteiger partial charge on any atom is -0.377 e. The molecule has 1 aliphatic heterocycles. The number of carbonyl (C=O) groups excluding carboxylic acids is 1. The molecule has 0 saturated carbocycles. The average Bonchev–Trinajstić information content (AvgIpc) is 2.96. The molecule has 1 N–H and O–H groups in total. The standard InChI is InChI=1S/C17H23N3O2/c1-2-5-13-12-22-11-10-20(13)17(21)9-8-16-18-14-6-3-4-7-15(14)19-16/h3-4,6-7,13H,2,5,8-12H2,1H3,(H,18,19). The van der Waals surface area contributed by atoms with E-state index in [0.29, 0.717) is 32.6 Å². The first-order valence-electron chi connectivity index (χ1n) is 8.08. The van der Waals surface area contributed by atoms with E-state index in [1.165, 1.54) is 0 Å². The van der Waals surface area contributed by atoms with Crippen molar-refractivity contribution in [2.24, 2.45) is 0 Å². The Balaban J connectivity index is 1.61. The van der Waals surface area contributed by atoms with Gasteiger partial charge in [0.1, 0.15) is 5.82 Å². The predicted molar refractivity (Wildman–Crippen MR) is 85.6 cm³/mol. The summed E-state index contributed by atoms with van der Waals surface area (Å²) in [5.41, 5.74) is 1.99. The van der Waals surface area contributed by atoms with Crippen LogP contribution in [0.1, 0.15) is 32.0 Å². The van der Waals surface area contributed by atoms with Gasteiger partial charge in [0, 0.05) is 19.4 Å². The lowest BCUT2D eigenvalue weighted by Crippen LogP contribution is -2.48. The van der Waals surface area contributed by atoms with Crippen LogP contribution in [0.25, 0.3) is 11.0 Å². The van der Waals surface area contributed by atoms with Gasteiger partial charge in [0.15, 0.2) is 0 Å². The Labute approximate surface area is 130 Å². The van der Waals surface area contributed by atoms with E-state index >= 15 is 0 Å². The number of H-pyrrole nitrogens is 1. The van der Waals surface area contributed by atoms with Gasteiger partial charge in [-0.25, -0.2) is 4.98 Å². The Morgan fingerprint density at radius 3 is 3.14 bits per heavy atom. The largest absolute Gasteiger partial charge is 0.377 e. The van der Waals surface area contributed by atoms with Gasteiger partial charge in [-0.3, -0.25) is 4.79 Å². The summed E-state index contributed by atoms with van der Waals surface area (Å²) in [5.74, 6) is 1.09. The topological polar surface area (TPSA) is 58.2 Å². The number of ether oxygens (including phenoxy) is 1. The molecule has 1 fully saturated rings. The van der Waals surface area contributed by atoms with Gasteiger partial charge in [-0.1, -0.05) is 25.5 Å². The minimum atomic E-state index is 0.210. The summed E-state index contributed by atoms with van der Waals surface area (Å²) in [7, 11) is 0.